The Balaban J connectivity index is 1.49. The Morgan fingerprint density at radius 1 is 1.13 bits per heavy atom. The van der Waals surface area contributed by atoms with E-state index in [4.69, 9.17) is 4.74 Å². The molecule has 0 aliphatic carbocycles. The van der Waals surface area contributed by atoms with Crippen LogP contribution in [-0.2, 0) is 22.5 Å². The van der Waals surface area contributed by atoms with Crippen molar-refractivity contribution in [1.29, 1.82) is 0 Å². The van der Waals surface area contributed by atoms with Crippen LogP contribution in [0.1, 0.15) is 41.0 Å². The van der Waals surface area contributed by atoms with Crippen molar-refractivity contribution >= 4 is 28.5 Å². The van der Waals surface area contributed by atoms with E-state index in [2.05, 4.69) is 10.3 Å². The van der Waals surface area contributed by atoms with Crippen molar-refractivity contribution in [2.75, 3.05) is 11.9 Å². The lowest BCUT2D eigenvalue weighted by molar-refractivity contribution is -0.119. The van der Waals surface area contributed by atoms with Gasteiger partial charge in [0.15, 0.2) is 6.61 Å². The third kappa shape index (κ3) is 4.10. The number of para-hydroxylation sites is 1. The normalized spacial score (nSPS) is 13.4. The van der Waals surface area contributed by atoms with E-state index in [9.17, 15) is 14.4 Å². The van der Waals surface area contributed by atoms with E-state index >= 15 is 0 Å². The van der Waals surface area contributed by atoms with Gasteiger partial charge in [-0.25, -0.2) is 9.78 Å². The van der Waals surface area contributed by atoms with E-state index in [-0.39, 0.29) is 11.1 Å². The van der Waals surface area contributed by atoms with Crippen LogP contribution in [0.5, 0.6) is 0 Å². The summed E-state index contributed by atoms with van der Waals surface area (Å²) in [5.74, 6) is -0.290. The van der Waals surface area contributed by atoms with Crippen LogP contribution in [0.15, 0.2) is 47.3 Å². The molecule has 1 aromatic heterocycles. The summed E-state index contributed by atoms with van der Waals surface area (Å²) in [6.45, 7) is 2.16. The summed E-state index contributed by atoms with van der Waals surface area (Å²) in [6, 6.07) is 12.1. The van der Waals surface area contributed by atoms with Gasteiger partial charge in [-0.15, -0.1) is 0 Å². The minimum absolute atomic E-state index is 0.0746. The number of carbonyl (C=O) groups excluding carboxylic acids is 2. The summed E-state index contributed by atoms with van der Waals surface area (Å²) >= 11 is 0. The number of amides is 1. The molecule has 0 saturated carbocycles. The number of rotatable bonds is 4. The average molecular weight is 405 g/mol. The number of anilines is 1. The predicted molar refractivity (Wildman–Crippen MR) is 114 cm³/mol. The van der Waals surface area contributed by atoms with Gasteiger partial charge < -0.3 is 10.1 Å². The summed E-state index contributed by atoms with van der Waals surface area (Å²) in [4.78, 5) is 41.9. The summed E-state index contributed by atoms with van der Waals surface area (Å²) < 4.78 is 6.89. The Kier molecular flexibility index (Phi) is 5.61. The van der Waals surface area contributed by atoms with Gasteiger partial charge in [-0.3, -0.25) is 14.2 Å². The van der Waals surface area contributed by atoms with Gasteiger partial charge >= 0.3 is 5.97 Å². The predicted octanol–water partition coefficient (Wildman–Crippen LogP) is 3.23. The minimum Gasteiger partial charge on any atom is -0.452 e. The number of nitrogens with one attached hydrogen (secondary N) is 1. The van der Waals surface area contributed by atoms with Crippen LogP contribution in [0.2, 0.25) is 0 Å². The standard InChI is InChI=1S/C23H23N3O4/c1-15-7-4-5-8-18(15)25-21(27)14-30-23(29)16-10-11-17-19(13-16)24-20-9-3-2-6-12-26(20)22(17)28/h4-5,7-8,10-11,13H,2-3,6,9,12,14H2,1H3,(H,25,27). The molecule has 4 rings (SSSR count). The lowest BCUT2D eigenvalue weighted by atomic mass is 10.1. The Morgan fingerprint density at radius 2 is 1.97 bits per heavy atom. The lowest BCUT2D eigenvalue weighted by Gasteiger charge is -2.11. The molecule has 0 saturated heterocycles. The Hall–Kier alpha value is -3.48. The quantitative estimate of drug-likeness (QED) is 0.673. The highest BCUT2D eigenvalue weighted by Crippen LogP contribution is 2.17. The maximum Gasteiger partial charge on any atom is 0.338 e. The van der Waals surface area contributed by atoms with Crippen LogP contribution in [0, 0.1) is 6.92 Å². The smallest absolute Gasteiger partial charge is 0.338 e. The number of aryl methyl sites for hydroxylation is 2. The van der Waals surface area contributed by atoms with E-state index in [0.29, 0.717) is 23.1 Å². The molecular weight excluding hydrogens is 382 g/mol. The highest BCUT2D eigenvalue weighted by atomic mass is 16.5. The van der Waals surface area contributed by atoms with Crippen molar-refractivity contribution in [1.82, 2.24) is 9.55 Å². The van der Waals surface area contributed by atoms with Gasteiger partial charge in [0, 0.05) is 18.7 Å². The van der Waals surface area contributed by atoms with Gasteiger partial charge in [0.05, 0.1) is 16.5 Å². The van der Waals surface area contributed by atoms with Crippen molar-refractivity contribution in [3.05, 3.63) is 69.8 Å². The zero-order chi connectivity index (χ0) is 21.1. The van der Waals surface area contributed by atoms with Crippen LogP contribution >= 0.6 is 0 Å². The Morgan fingerprint density at radius 3 is 2.80 bits per heavy atom. The molecular formula is C23H23N3O4. The van der Waals surface area contributed by atoms with Gasteiger partial charge in [-0.05, 0) is 49.6 Å². The molecule has 0 bridgehead atoms. The first-order valence-corrected chi connectivity index (χ1v) is 10.1. The summed E-state index contributed by atoms with van der Waals surface area (Å²) in [5.41, 5.74) is 2.26. The fourth-order valence-corrected chi connectivity index (χ4v) is 3.66. The zero-order valence-electron chi connectivity index (χ0n) is 16.8. The number of ether oxygens (including phenoxy) is 1. The molecule has 1 N–H and O–H groups in total. The van der Waals surface area contributed by atoms with E-state index in [1.807, 2.05) is 25.1 Å². The Bertz CT molecular complexity index is 1180. The molecule has 0 spiro atoms. The van der Waals surface area contributed by atoms with Crippen LogP contribution in [0.4, 0.5) is 5.69 Å². The van der Waals surface area contributed by atoms with Crippen LogP contribution < -0.4 is 10.9 Å². The molecule has 2 aromatic carbocycles. The highest BCUT2D eigenvalue weighted by Gasteiger charge is 2.16. The molecule has 0 atom stereocenters. The molecule has 3 aromatic rings. The molecule has 154 valence electrons. The van der Waals surface area contributed by atoms with Crippen molar-refractivity contribution in [2.24, 2.45) is 0 Å². The third-order valence-corrected chi connectivity index (χ3v) is 5.31. The number of hydrogen-bond donors (Lipinski definition) is 1. The number of aromatic nitrogens is 2. The molecule has 0 radical (unpaired) electrons. The maximum atomic E-state index is 12.8. The molecule has 1 aliphatic heterocycles. The second-order valence-electron chi connectivity index (χ2n) is 7.47. The number of nitrogens with zero attached hydrogens (tertiary/aromatic N) is 2. The lowest BCUT2D eigenvalue weighted by Crippen LogP contribution is -2.25. The highest BCUT2D eigenvalue weighted by molar-refractivity contribution is 5.97. The molecule has 0 unspecified atom stereocenters. The molecule has 1 aliphatic rings. The van der Waals surface area contributed by atoms with Gasteiger partial charge in [0.25, 0.3) is 11.5 Å². The van der Waals surface area contributed by atoms with Crippen molar-refractivity contribution in [3.8, 4) is 0 Å². The number of fused-ring (bicyclic) bond motifs is 2. The third-order valence-electron chi connectivity index (χ3n) is 5.31. The fourth-order valence-electron chi connectivity index (χ4n) is 3.66. The fraction of sp³-hybridized carbons (Fsp3) is 0.304. The first kappa shape index (κ1) is 19.8. The second kappa shape index (κ2) is 8.49. The number of esters is 1. The van der Waals surface area contributed by atoms with E-state index in [0.717, 1.165) is 37.1 Å². The summed E-state index contributed by atoms with van der Waals surface area (Å²) in [7, 11) is 0. The van der Waals surface area contributed by atoms with Crippen LogP contribution in [0.3, 0.4) is 0 Å². The summed E-state index contributed by atoms with van der Waals surface area (Å²) in [5, 5.41) is 3.20. The molecule has 0 fully saturated rings. The van der Waals surface area contributed by atoms with Crippen LogP contribution in [0.25, 0.3) is 10.9 Å². The van der Waals surface area contributed by atoms with E-state index < -0.39 is 18.5 Å². The molecule has 1 amide bonds. The van der Waals surface area contributed by atoms with Crippen molar-refractivity contribution in [2.45, 2.75) is 39.2 Å². The van der Waals surface area contributed by atoms with Gasteiger partial charge in [0.1, 0.15) is 5.82 Å². The number of benzene rings is 2. The Labute approximate surface area is 173 Å². The first-order chi connectivity index (χ1) is 14.5. The van der Waals surface area contributed by atoms with Crippen LogP contribution in [-0.4, -0.2) is 28.0 Å². The number of hydrogen-bond acceptors (Lipinski definition) is 5. The van der Waals surface area contributed by atoms with E-state index in [1.165, 1.54) is 6.07 Å². The molecule has 30 heavy (non-hydrogen) atoms. The largest absolute Gasteiger partial charge is 0.452 e. The summed E-state index contributed by atoms with van der Waals surface area (Å²) in [6.07, 6.45) is 3.78. The van der Waals surface area contributed by atoms with Gasteiger partial charge in [0.2, 0.25) is 0 Å². The molecule has 2 heterocycles. The second-order valence-corrected chi connectivity index (χ2v) is 7.47. The minimum atomic E-state index is -0.631. The zero-order valence-corrected chi connectivity index (χ0v) is 16.8. The SMILES string of the molecule is Cc1ccccc1NC(=O)COC(=O)c1ccc2c(=O)n3c(nc2c1)CCCCC3. The molecule has 7 nitrogen and oxygen atoms in total. The van der Waals surface area contributed by atoms with Crippen molar-refractivity contribution in [3.63, 3.8) is 0 Å². The van der Waals surface area contributed by atoms with Gasteiger partial charge in [-0.1, -0.05) is 24.6 Å². The number of carbonyl (C=O) groups is 2. The van der Waals surface area contributed by atoms with Crippen molar-refractivity contribution < 1.29 is 14.3 Å². The topological polar surface area (TPSA) is 90.3 Å². The first-order valence-electron chi connectivity index (χ1n) is 10.1. The van der Waals surface area contributed by atoms with E-state index in [1.54, 1.807) is 22.8 Å². The average Bonchev–Trinajstić information content (AvgIpc) is 2.99. The van der Waals surface area contributed by atoms with Gasteiger partial charge in [-0.2, -0.15) is 0 Å². The molecule has 7 heteroatoms. The monoisotopic (exact) mass is 405 g/mol. The maximum absolute atomic E-state index is 12.8.